The number of alkyl halides is 3. The summed E-state index contributed by atoms with van der Waals surface area (Å²) in [4.78, 5) is 8.01. The first kappa shape index (κ1) is 25.3. The van der Waals surface area contributed by atoms with E-state index >= 15 is 0 Å². The molecule has 3 rings (SSSR count). The van der Waals surface area contributed by atoms with Crippen LogP contribution in [0.25, 0.3) is 0 Å². The molecule has 0 radical (unpaired) electrons. The molecule has 8 heteroatoms. The van der Waals surface area contributed by atoms with Crippen LogP contribution in [0.3, 0.4) is 0 Å². The third-order valence-electron chi connectivity index (χ3n) is 5.38. The van der Waals surface area contributed by atoms with Crippen LogP contribution in [0.2, 0.25) is 0 Å². The van der Waals surface area contributed by atoms with Gasteiger partial charge in [-0.1, -0.05) is 44.9 Å². The number of aryl methyl sites for hydroxylation is 1. The number of ether oxygens (including phenoxy) is 1. The van der Waals surface area contributed by atoms with Crippen molar-refractivity contribution in [2.45, 2.75) is 65.2 Å². The molecule has 0 fully saturated rings. The zero-order chi connectivity index (χ0) is 24.6. The minimum absolute atomic E-state index is 0.00567. The lowest BCUT2D eigenvalue weighted by Crippen LogP contribution is -2.13. The Morgan fingerprint density at radius 1 is 0.971 bits per heavy atom. The lowest BCUT2D eigenvalue weighted by molar-refractivity contribution is -0.137. The van der Waals surface area contributed by atoms with Crippen LogP contribution in [0.15, 0.2) is 54.7 Å². The lowest BCUT2D eigenvalue weighted by atomic mass is 10.1. The van der Waals surface area contributed by atoms with Crippen LogP contribution in [0.4, 0.5) is 36.3 Å². The van der Waals surface area contributed by atoms with Crippen molar-refractivity contribution in [3.63, 3.8) is 0 Å². The quantitative estimate of drug-likeness (QED) is 0.278. The largest absolute Gasteiger partial charge is 0.491 e. The van der Waals surface area contributed by atoms with Crippen molar-refractivity contribution in [2.75, 3.05) is 10.6 Å². The molecule has 1 heterocycles. The highest BCUT2D eigenvalue weighted by atomic mass is 19.4. The number of unbranched alkanes of at least 4 members (excludes halogenated alkanes) is 2. The van der Waals surface area contributed by atoms with Gasteiger partial charge in [0.1, 0.15) is 17.1 Å². The zero-order valence-corrected chi connectivity index (χ0v) is 19.7. The van der Waals surface area contributed by atoms with E-state index in [1.807, 2.05) is 38.1 Å². The van der Waals surface area contributed by atoms with Crippen LogP contribution >= 0.6 is 0 Å². The summed E-state index contributed by atoms with van der Waals surface area (Å²) >= 11 is 0. The first-order valence-corrected chi connectivity index (χ1v) is 11.6. The van der Waals surface area contributed by atoms with Gasteiger partial charge in [-0.25, -0.2) is 4.98 Å². The number of benzene rings is 2. The van der Waals surface area contributed by atoms with Crippen molar-refractivity contribution in [2.24, 2.45) is 0 Å². The van der Waals surface area contributed by atoms with E-state index in [1.54, 1.807) is 24.3 Å². The predicted octanol–water partition coefficient (Wildman–Crippen LogP) is 7.89. The molecule has 5 nitrogen and oxygen atoms in total. The minimum Gasteiger partial charge on any atom is -0.491 e. The Hall–Kier alpha value is -3.29. The SMILES string of the molecule is CCCCCc1ccc(Nc2ncc(C(F)(F)F)c(Nc3cccc(OC(C)CC)c3)n2)cc1. The first-order valence-electron chi connectivity index (χ1n) is 11.6. The summed E-state index contributed by atoms with van der Waals surface area (Å²) in [5, 5.41) is 5.78. The Morgan fingerprint density at radius 2 is 1.74 bits per heavy atom. The van der Waals surface area contributed by atoms with Crippen molar-refractivity contribution >= 4 is 23.1 Å². The molecule has 0 bridgehead atoms. The van der Waals surface area contributed by atoms with Gasteiger partial charge in [-0.2, -0.15) is 18.2 Å². The second-order valence-corrected chi connectivity index (χ2v) is 8.22. The highest BCUT2D eigenvalue weighted by Gasteiger charge is 2.35. The number of hydrogen-bond acceptors (Lipinski definition) is 5. The fourth-order valence-electron chi connectivity index (χ4n) is 3.31. The molecule has 182 valence electrons. The van der Waals surface area contributed by atoms with Crippen molar-refractivity contribution in [1.82, 2.24) is 9.97 Å². The fourth-order valence-corrected chi connectivity index (χ4v) is 3.31. The van der Waals surface area contributed by atoms with E-state index in [1.165, 1.54) is 12.0 Å². The molecule has 1 aromatic heterocycles. The standard InChI is InChI=1S/C26H31F3N4O/c1-4-6-7-9-19-12-14-20(15-13-19)32-25-30-17-23(26(27,28)29)24(33-25)31-21-10-8-11-22(16-21)34-18(3)5-2/h8,10-18H,4-7,9H2,1-3H3,(H2,30,31,32,33). The average molecular weight is 473 g/mol. The number of nitrogens with one attached hydrogen (secondary N) is 2. The van der Waals surface area contributed by atoms with Gasteiger partial charge >= 0.3 is 6.18 Å². The van der Waals surface area contributed by atoms with E-state index < -0.39 is 11.7 Å². The molecule has 0 saturated heterocycles. The molecule has 2 aromatic carbocycles. The van der Waals surface area contributed by atoms with Gasteiger partial charge in [0, 0.05) is 23.6 Å². The molecule has 0 aliphatic rings. The fraction of sp³-hybridized carbons (Fsp3) is 0.385. The van der Waals surface area contributed by atoms with Crippen molar-refractivity contribution < 1.29 is 17.9 Å². The van der Waals surface area contributed by atoms with E-state index in [-0.39, 0.29) is 17.9 Å². The maximum Gasteiger partial charge on any atom is 0.421 e. The molecule has 0 saturated carbocycles. The van der Waals surface area contributed by atoms with Gasteiger partial charge in [-0.3, -0.25) is 0 Å². The van der Waals surface area contributed by atoms with Gasteiger partial charge in [-0.05, 0) is 56.0 Å². The monoisotopic (exact) mass is 472 g/mol. The average Bonchev–Trinajstić information content (AvgIpc) is 2.80. The van der Waals surface area contributed by atoms with E-state index in [2.05, 4.69) is 27.5 Å². The van der Waals surface area contributed by atoms with E-state index in [0.717, 1.165) is 31.9 Å². The summed E-state index contributed by atoms with van der Waals surface area (Å²) in [6, 6.07) is 14.6. The number of nitrogens with zero attached hydrogens (tertiary/aromatic N) is 2. The van der Waals surface area contributed by atoms with E-state index in [0.29, 0.717) is 17.1 Å². The topological polar surface area (TPSA) is 59.1 Å². The van der Waals surface area contributed by atoms with Crippen LogP contribution in [-0.2, 0) is 12.6 Å². The summed E-state index contributed by atoms with van der Waals surface area (Å²) in [6.07, 6.45) is 1.47. The van der Waals surface area contributed by atoms with Crippen LogP contribution in [-0.4, -0.2) is 16.1 Å². The van der Waals surface area contributed by atoms with Crippen LogP contribution in [0.1, 0.15) is 57.6 Å². The Bertz CT molecular complexity index is 1050. The Labute approximate surface area is 198 Å². The van der Waals surface area contributed by atoms with Gasteiger partial charge in [-0.15, -0.1) is 0 Å². The molecule has 1 unspecified atom stereocenters. The van der Waals surface area contributed by atoms with Crippen LogP contribution < -0.4 is 15.4 Å². The molecule has 1 atom stereocenters. The summed E-state index contributed by atoms with van der Waals surface area (Å²) in [5.41, 5.74) is 1.41. The normalized spacial score (nSPS) is 12.3. The molecule has 0 aliphatic heterocycles. The third kappa shape index (κ3) is 7.37. The predicted molar refractivity (Wildman–Crippen MR) is 130 cm³/mol. The molecule has 3 aromatic rings. The van der Waals surface area contributed by atoms with E-state index in [9.17, 15) is 13.2 Å². The van der Waals surface area contributed by atoms with Gasteiger partial charge in [0.15, 0.2) is 0 Å². The van der Waals surface area contributed by atoms with Gasteiger partial charge in [0.2, 0.25) is 5.95 Å². The highest BCUT2D eigenvalue weighted by Crippen LogP contribution is 2.35. The molecule has 0 spiro atoms. The smallest absolute Gasteiger partial charge is 0.421 e. The lowest BCUT2D eigenvalue weighted by Gasteiger charge is -2.16. The maximum absolute atomic E-state index is 13.6. The van der Waals surface area contributed by atoms with Crippen molar-refractivity contribution in [3.8, 4) is 5.75 Å². The van der Waals surface area contributed by atoms with Crippen molar-refractivity contribution in [1.29, 1.82) is 0 Å². The second kappa shape index (κ2) is 11.7. The zero-order valence-electron chi connectivity index (χ0n) is 19.7. The highest BCUT2D eigenvalue weighted by molar-refractivity contribution is 5.64. The summed E-state index contributed by atoms with van der Waals surface area (Å²) in [7, 11) is 0. The van der Waals surface area contributed by atoms with Crippen LogP contribution in [0.5, 0.6) is 5.75 Å². The second-order valence-electron chi connectivity index (χ2n) is 8.22. The Morgan fingerprint density at radius 3 is 2.41 bits per heavy atom. The number of aromatic nitrogens is 2. The number of hydrogen-bond donors (Lipinski definition) is 2. The number of rotatable bonds is 11. The van der Waals surface area contributed by atoms with Crippen LogP contribution in [0, 0.1) is 0 Å². The van der Waals surface area contributed by atoms with E-state index in [4.69, 9.17) is 4.74 Å². The van der Waals surface area contributed by atoms with Crippen molar-refractivity contribution in [3.05, 3.63) is 65.9 Å². The van der Waals surface area contributed by atoms with Gasteiger partial charge in [0.25, 0.3) is 0 Å². The first-order chi connectivity index (χ1) is 16.3. The number of anilines is 4. The Balaban J connectivity index is 1.80. The summed E-state index contributed by atoms with van der Waals surface area (Å²) in [5.74, 6) is 0.308. The molecule has 34 heavy (non-hydrogen) atoms. The maximum atomic E-state index is 13.6. The summed E-state index contributed by atoms with van der Waals surface area (Å²) in [6.45, 7) is 6.09. The molecular weight excluding hydrogens is 441 g/mol. The molecule has 0 aliphatic carbocycles. The number of halogens is 3. The van der Waals surface area contributed by atoms with Gasteiger partial charge in [0.05, 0.1) is 6.10 Å². The molecule has 0 amide bonds. The summed E-state index contributed by atoms with van der Waals surface area (Å²) < 4.78 is 46.6. The minimum atomic E-state index is -4.61. The Kier molecular flexibility index (Phi) is 8.73. The third-order valence-corrected chi connectivity index (χ3v) is 5.38. The molecule has 2 N–H and O–H groups in total. The van der Waals surface area contributed by atoms with Gasteiger partial charge < -0.3 is 15.4 Å². The molecular formula is C26H31F3N4O.